The van der Waals surface area contributed by atoms with Crippen LogP contribution >= 0.6 is 0 Å². The molecule has 0 bridgehead atoms. The van der Waals surface area contributed by atoms with Crippen molar-refractivity contribution < 1.29 is 9.47 Å². The molecule has 2 rings (SSSR count). The van der Waals surface area contributed by atoms with Crippen molar-refractivity contribution in [3.05, 3.63) is 11.4 Å². The van der Waals surface area contributed by atoms with Gasteiger partial charge in [0.25, 0.3) is 0 Å². The number of ether oxygens (including phenoxy) is 2. The molecule has 0 amide bonds. The summed E-state index contributed by atoms with van der Waals surface area (Å²) in [6.45, 7) is 7.98. The van der Waals surface area contributed by atoms with Crippen molar-refractivity contribution in [1.82, 2.24) is 19.9 Å². The molecule has 0 saturated heterocycles. The van der Waals surface area contributed by atoms with Gasteiger partial charge in [0.15, 0.2) is 0 Å². The van der Waals surface area contributed by atoms with Crippen LogP contribution in [-0.4, -0.2) is 59.9 Å². The average molecular weight is 268 g/mol. The lowest BCUT2D eigenvalue weighted by Crippen LogP contribution is -2.41. The van der Waals surface area contributed by atoms with Gasteiger partial charge in [0.2, 0.25) is 0 Å². The van der Waals surface area contributed by atoms with Gasteiger partial charge in [-0.25, -0.2) is 4.68 Å². The maximum absolute atomic E-state index is 5.64. The Balaban J connectivity index is 2.37. The van der Waals surface area contributed by atoms with Crippen LogP contribution in [0.3, 0.4) is 0 Å². The molecule has 2 heterocycles. The minimum absolute atomic E-state index is 0.00833. The Morgan fingerprint density at radius 2 is 2.00 bits per heavy atom. The van der Waals surface area contributed by atoms with E-state index in [0.29, 0.717) is 0 Å². The molecule has 0 N–H and O–H groups in total. The molecule has 0 radical (unpaired) electrons. The summed E-state index contributed by atoms with van der Waals surface area (Å²) in [5.41, 5.74) is 2.11. The van der Waals surface area contributed by atoms with Gasteiger partial charge in [0.05, 0.1) is 5.69 Å². The number of methoxy groups -OCH3 is 2. The van der Waals surface area contributed by atoms with Gasteiger partial charge < -0.3 is 14.4 Å². The predicted octanol–water partition coefficient (Wildman–Crippen LogP) is 0.878. The molecule has 108 valence electrons. The molecule has 1 aliphatic rings. The van der Waals surface area contributed by atoms with Gasteiger partial charge >= 0.3 is 0 Å². The fourth-order valence-electron chi connectivity index (χ4n) is 2.71. The van der Waals surface area contributed by atoms with Crippen LogP contribution in [0, 0.1) is 0 Å². The van der Waals surface area contributed by atoms with Gasteiger partial charge in [-0.05, 0) is 13.5 Å². The molecule has 0 spiro atoms. The molecule has 0 aromatic carbocycles. The fraction of sp³-hybridized carbons (Fsp3) is 0.846. The van der Waals surface area contributed by atoms with Crippen LogP contribution in [0.5, 0.6) is 0 Å². The van der Waals surface area contributed by atoms with Gasteiger partial charge in [-0.15, -0.1) is 5.10 Å². The van der Waals surface area contributed by atoms with Crippen LogP contribution in [0.15, 0.2) is 0 Å². The van der Waals surface area contributed by atoms with E-state index in [1.165, 1.54) is 5.69 Å². The van der Waals surface area contributed by atoms with Crippen molar-refractivity contribution in [2.45, 2.75) is 39.0 Å². The normalized spacial score (nSPS) is 24.8. The van der Waals surface area contributed by atoms with E-state index in [2.05, 4.69) is 29.1 Å². The van der Waals surface area contributed by atoms with Crippen molar-refractivity contribution in [3.63, 3.8) is 0 Å². The zero-order valence-electron chi connectivity index (χ0n) is 12.3. The maximum atomic E-state index is 5.64. The molecule has 6 nitrogen and oxygen atoms in total. The van der Waals surface area contributed by atoms with Crippen LogP contribution in [0.25, 0.3) is 0 Å². The predicted molar refractivity (Wildman–Crippen MR) is 72.1 cm³/mol. The third kappa shape index (κ3) is 2.80. The number of hydrogen-bond acceptors (Lipinski definition) is 5. The van der Waals surface area contributed by atoms with Gasteiger partial charge in [-0.2, -0.15) is 0 Å². The number of fused-ring (bicyclic) bond motifs is 1. The molecule has 1 aromatic rings. The smallest absolute Gasteiger partial charge is 0.130 e. The molecule has 0 saturated carbocycles. The van der Waals surface area contributed by atoms with Crippen LogP contribution < -0.4 is 0 Å². The summed E-state index contributed by atoms with van der Waals surface area (Å²) in [6.07, 6.45) is 0.806. The van der Waals surface area contributed by atoms with Gasteiger partial charge in [-0.1, -0.05) is 12.1 Å². The highest BCUT2D eigenvalue weighted by atomic mass is 16.5. The Morgan fingerprint density at radius 3 is 2.58 bits per heavy atom. The van der Waals surface area contributed by atoms with Crippen LogP contribution in [0.1, 0.15) is 31.3 Å². The zero-order chi connectivity index (χ0) is 13.8. The van der Waals surface area contributed by atoms with E-state index in [0.717, 1.165) is 38.3 Å². The third-order valence-electron chi connectivity index (χ3n) is 3.88. The van der Waals surface area contributed by atoms with Gasteiger partial charge in [-0.3, -0.25) is 0 Å². The summed E-state index contributed by atoms with van der Waals surface area (Å²) in [7, 11) is 3.44. The summed E-state index contributed by atoms with van der Waals surface area (Å²) in [5.74, 6) is 0. The van der Waals surface area contributed by atoms with Gasteiger partial charge in [0.1, 0.15) is 17.9 Å². The molecular weight excluding hydrogens is 244 g/mol. The lowest BCUT2D eigenvalue weighted by atomic mass is 10.0. The van der Waals surface area contributed by atoms with Crippen molar-refractivity contribution in [2.75, 3.05) is 33.9 Å². The first-order valence-corrected chi connectivity index (χ1v) is 6.95. The van der Waals surface area contributed by atoms with Crippen molar-refractivity contribution in [2.24, 2.45) is 0 Å². The highest BCUT2D eigenvalue weighted by Crippen LogP contribution is 2.27. The summed E-state index contributed by atoms with van der Waals surface area (Å²) in [4.78, 5) is 2.39. The van der Waals surface area contributed by atoms with E-state index in [1.54, 1.807) is 14.2 Å². The van der Waals surface area contributed by atoms with Crippen LogP contribution in [-0.2, 0) is 22.4 Å². The molecule has 1 aromatic heterocycles. The van der Waals surface area contributed by atoms with Crippen molar-refractivity contribution >= 4 is 0 Å². The standard InChI is InChI=1S/C13H24N4O2/c1-5-16-8-7-10-12(14-15-17(10)6-2)13(19-4)11(9-16)18-3/h11,13H,5-9H2,1-4H3. The quantitative estimate of drug-likeness (QED) is 0.811. The van der Waals surface area contributed by atoms with Gasteiger partial charge in [0, 0.05) is 40.3 Å². The molecule has 1 aliphatic heterocycles. The molecular formula is C13H24N4O2. The van der Waals surface area contributed by atoms with Crippen molar-refractivity contribution in [3.8, 4) is 0 Å². The second-order valence-electron chi connectivity index (χ2n) is 4.81. The second-order valence-corrected chi connectivity index (χ2v) is 4.81. The minimum Gasteiger partial charge on any atom is -0.377 e. The van der Waals surface area contributed by atoms with Crippen LogP contribution in [0.2, 0.25) is 0 Å². The van der Waals surface area contributed by atoms with E-state index in [9.17, 15) is 0 Å². The first kappa shape index (κ1) is 14.4. The number of nitrogens with zero attached hydrogens (tertiary/aromatic N) is 4. The maximum Gasteiger partial charge on any atom is 0.130 e. The van der Waals surface area contributed by atoms with E-state index in [1.807, 2.05) is 4.68 Å². The lowest BCUT2D eigenvalue weighted by molar-refractivity contribution is -0.0565. The SMILES string of the molecule is CCN1CCc2c(nnn2CC)C(OC)C(OC)C1. The largest absolute Gasteiger partial charge is 0.377 e. The highest BCUT2D eigenvalue weighted by molar-refractivity contribution is 5.17. The van der Waals surface area contributed by atoms with Crippen LogP contribution in [0.4, 0.5) is 0 Å². The first-order chi connectivity index (χ1) is 9.24. The fourth-order valence-corrected chi connectivity index (χ4v) is 2.71. The number of aryl methyl sites for hydroxylation is 1. The summed E-state index contributed by atoms with van der Waals surface area (Å²) in [5, 5.41) is 8.55. The average Bonchev–Trinajstić information content (AvgIpc) is 2.82. The number of rotatable bonds is 4. The number of aromatic nitrogens is 3. The highest BCUT2D eigenvalue weighted by Gasteiger charge is 2.32. The Labute approximate surface area is 114 Å². The second kappa shape index (κ2) is 6.45. The molecule has 0 aliphatic carbocycles. The first-order valence-electron chi connectivity index (χ1n) is 6.95. The topological polar surface area (TPSA) is 52.4 Å². The summed E-state index contributed by atoms with van der Waals surface area (Å²) >= 11 is 0. The Bertz CT molecular complexity index is 407. The molecule has 0 fully saturated rings. The van der Waals surface area contributed by atoms with E-state index >= 15 is 0 Å². The molecule has 2 unspecified atom stereocenters. The lowest BCUT2D eigenvalue weighted by Gasteiger charge is -2.32. The monoisotopic (exact) mass is 268 g/mol. The summed E-state index contributed by atoms with van der Waals surface area (Å²) in [6, 6.07) is 0. The Morgan fingerprint density at radius 1 is 1.21 bits per heavy atom. The molecule has 2 atom stereocenters. The minimum atomic E-state index is -0.144. The summed E-state index contributed by atoms with van der Waals surface area (Å²) < 4.78 is 13.2. The zero-order valence-corrected chi connectivity index (χ0v) is 12.3. The Hall–Kier alpha value is -0.980. The number of likely N-dealkylation sites (N-methyl/N-ethyl adjacent to an activating group) is 1. The number of hydrogen-bond donors (Lipinski definition) is 0. The third-order valence-corrected chi connectivity index (χ3v) is 3.88. The molecule has 19 heavy (non-hydrogen) atoms. The van der Waals surface area contributed by atoms with E-state index < -0.39 is 0 Å². The Kier molecular flexibility index (Phi) is 4.90. The van der Waals surface area contributed by atoms with Crippen molar-refractivity contribution in [1.29, 1.82) is 0 Å². The van der Waals surface area contributed by atoms with E-state index in [-0.39, 0.29) is 12.2 Å². The molecule has 6 heteroatoms. The van der Waals surface area contributed by atoms with E-state index in [4.69, 9.17) is 9.47 Å².